The average molecular weight is 361 g/mol. The van der Waals surface area contributed by atoms with E-state index in [1.807, 2.05) is 56.3 Å². The third kappa shape index (κ3) is 3.82. The lowest BCUT2D eigenvalue weighted by atomic mass is 10.0. The van der Waals surface area contributed by atoms with Crippen LogP contribution in [0.3, 0.4) is 0 Å². The zero-order valence-electron chi connectivity index (χ0n) is 14.4. The summed E-state index contributed by atoms with van der Waals surface area (Å²) in [6.07, 6.45) is 0. The quantitative estimate of drug-likeness (QED) is 0.306. The highest BCUT2D eigenvalue weighted by molar-refractivity contribution is 6.31. The molecular formula is C20H21ClO4. The first kappa shape index (κ1) is 17.8. The SMILES string of the molecule is CCOCOc1c2ccccc2c(OCOCC)c2cc(Cl)ccc12. The van der Waals surface area contributed by atoms with Gasteiger partial charge in [-0.1, -0.05) is 35.9 Å². The van der Waals surface area contributed by atoms with Crippen molar-refractivity contribution in [2.45, 2.75) is 13.8 Å². The highest BCUT2D eigenvalue weighted by atomic mass is 35.5. The van der Waals surface area contributed by atoms with E-state index in [9.17, 15) is 0 Å². The van der Waals surface area contributed by atoms with Crippen molar-refractivity contribution in [2.75, 3.05) is 26.8 Å². The van der Waals surface area contributed by atoms with Crippen molar-refractivity contribution >= 4 is 33.1 Å². The second kappa shape index (κ2) is 8.39. The molecule has 3 aromatic carbocycles. The molecule has 0 aromatic heterocycles. The van der Waals surface area contributed by atoms with Gasteiger partial charge < -0.3 is 18.9 Å². The van der Waals surface area contributed by atoms with Crippen LogP contribution in [0.4, 0.5) is 0 Å². The summed E-state index contributed by atoms with van der Waals surface area (Å²) >= 11 is 6.23. The molecule has 0 spiro atoms. The van der Waals surface area contributed by atoms with E-state index in [0.717, 1.165) is 33.0 Å². The lowest BCUT2D eigenvalue weighted by molar-refractivity contribution is 0.0227. The van der Waals surface area contributed by atoms with E-state index in [0.29, 0.717) is 18.2 Å². The number of rotatable bonds is 8. The molecule has 0 saturated heterocycles. The van der Waals surface area contributed by atoms with Crippen LogP contribution in [-0.4, -0.2) is 26.8 Å². The van der Waals surface area contributed by atoms with E-state index in [-0.39, 0.29) is 13.6 Å². The highest BCUT2D eigenvalue weighted by Gasteiger charge is 2.16. The monoisotopic (exact) mass is 360 g/mol. The Kier molecular flexibility index (Phi) is 5.97. The van der Waals surface area contributed by atoms with Crippen molar-refractivity contribution in [2.24, 2.45) is 0 Å². The summed E-state index contributed by atoms with van der Waals surface area (Å²) in [4.78, 5) is 0. The van der Waals surface area contributed by atoms with Crippen molar-refractivity contribution in [3.63, 3.8) is 0 Å². The third-order valence-electron chi connectivity index (χ3n) is 3.87. The first-order valence-electron chi connectivity index (χ1n) is 8.31. The molecule has 0 aliphatic rings. The molecule has 0 aliphatic carbocycles. The average Bonchev–Trinajstić information content (AvgIpc) is 2.63. The topological polar surface area (TPSA) is 36.9 Å². The second-order valence-electron chi connectivity index (χ2n) is 5.40. The van der Waals surface area contributed by atoms with Gasteiger partial charge in [0, 0.05) is 39.8 Å². The molecule has 0 unspecified atom stereocenters. The van der Waals surface area contributed by atoms with E-state index in [2.05, 4.69) is 0 Å². The van der Waals surface area contributed by atoms with Gasteiger partial charge in [-0.15, -0.1) is 0 Å². The molecule has 0 radical (unpaired) electrons. The molecule has 0 heterocycles. The molecule has 0 N–H and O–H groups in total. The van der Waals surface area contributed by atoms with Crippen LogP contribution >= 0.6 is 11.6 Å². The Labute approximate surface area is 152 Å². The van der Waals surface area contributed by atoms with Crippen molar-refractivity contribution in [1.29, 1.82) is 0 Å². The first-order valence-corrected chi connectivity index (χ1v) is 8.69. The molecule has 3 rings (SSSR count). The Morgan fingerprint density at radius 2 is 1.24 bits per heavy atom. The van der Waals surface area contributed by atoms with Gasteiger partial charge in [0.05, 0.1) is 0 Å². The van der Waals surface area contributed by atoms with Crippen molar-refractivity contribution < 1.29 is 18.9 Å². The minimum absolute atomic E-state index is 0.182. The lowest BCUT2D eigenvalue weighted by Crippen LogP contribution is -2.05. The van der Waals surface area contributed by atoms with E-state index in [4.69, 9.17) is 30.5 Å². The molecule has 0 atom stereocenters. The van der Waals surface area contributed by atoms with Crippen LogP contribution in [0.1, 0.15) is 13.8 Å². The van der Waals surface area contributed by atoms with E-state index in [1.165, 1.54) is 0 Å². The summed E-state index contributed by atoms with van der Waals surface area (Å²) in [5, 5.41) is 4.36. The van der Waals surface area contributed by atoms with Crippen molar-refractivity contribution in [3.05, 3.63) is 47.5 Å². The fraction of sp³-hybridized carbons (Fsp3) is 0.300. The predicted molar refractivity (Wildman–Crippen MR) is 101 cm³/mol. The lowest BCUT2D eigenvalue weighted by Gasteiger charge is -2.17. The number of fused-ring (bicyclic) bond motifs is 2. The first-order chi connectivity index (χ1) is 12.3. The van der Waals surface area contributed by atoms with Gasteiger partial charge in [0.2, 0.25) is 0 Å². The van der Waals surface area contributed by atoms with Gasteiger partial charge in [-0.25, -0.2) is 0 Å². The fourth-order valence-electron chi connectivity index (χ4n) is 2.75. The molecule has 0 aliphatic heterocycles. The van der Waals surface area contributed by atoms with E-state index in [1.54, 1.807) is 0 Å². The number of halogens is 1. The summed E-state index contributed by atoms with van der Waals surface area (Å²) in [7, 11) is 0. The summed E-state index contributed by atoms with van der Waals surface area (Å²) in [5.41, 5.74) is 0. The Hall–Kier alpha value is -2.01. The Morgan fingerprint density at radius 1 is 0.720 bits per heavy atom. The molecule has 4 nitrogen and oxygen atoms in total. The second-order valence-corrected chi connectivity index (χ2v) is 5.84. The number of benzene rings is 3. The van der Waals surface area contributed by atoms with Crippen LogP contribution in [0.25, 0.3) is 21.5 Å². The summed E-state index contributed by atoms with van der Waals surface area (Å²) in [5.74, 6) is 1.50. The minimum Gasteiger partial charge on any atom is -0.466 e. The summed E-state index contributed by atoms with van der Waals surface area (Å²) in [6, 6.07) is 13.6. The molecule has 132 valence electrons. The maximum absolute atomic E-state index is 6.23. The Morgan fingerprint density at radius 3 is 1.80 bits per heavy atom. The van der Waals surface area contributed by atoms with E-state index < -0.39 is 0 Å². The number of hydrogen-bond donors (Lipinski definition) is 0. The van der Waals surface area contributed by atoms with Crippen LogP contribution in [0.15, 0.2) is 42.5 Å². The van der Waals surface area contributed by atoms with Crippen LogP contribution in [-0.2, 0) is 9.47 Å². The number of ether oxygens (including phenoxy) is 4. The number of hydrogen-bond acceptors (Lipinski definition) is 4. The van der Waals surface area contributed by atoms with Crippen molar-refractivity contribution in [3.8, 4) is 11.5 Å². The van der Waals surface area contributed by atoms with Gasteiger partial charge in [-0.05, 0) is 32.0 Å². The molecule has 3 aromatic rings. The van der Waals surface area contributed by atoms with Crippen LogP contribution in [0.5, 0.6) is 11.5 Å². The smallest absolute Gasteiger partial charge is 0.189 e. The van der Waals surface area contributed by atoms with Gasteiger partial charge in [-0.2, -0.15) is 0 Å². The van der Waals surface area contributed by atoms with E-state index >= 15 is 0 Å². The van der Waals surface area contributed by atoms with Crippen molar-refractivity contribution in [1.82, 2.24) is 0 Å². The molecule has 0 saturated carbocycles. The fourth-order valence-corrected chi connectivity index (χ4v) is 2.92. The molecule has 0 amide bonds. The Balaban J connectivity index is 2.21. The molecule has 25 heavy (non-hydrogen) atoms. The van der Waals surface area contributed by atoms with Crippen LogP contribution in [0, 0.1) is 0 Å². The largest absolute Gasteiger partial charge is 0.466 e. The van der Waals surface area contributed by atoms with Gasteiger partial charge >= 0.3 is 0 Å². The molecule has 0 bridgehead atoms. The van der Waals surface area contributed by atoms with Crippen LogP contribution in [0.2, 0.25) is 5.02 Å². The molecular weight excluding hydrogens is 340 g/mol. The normalized spacial score (nSPS) is 11.2. The molecule has 5 heteroatoms. The summed E-state index contributed by atoms with van der Waals surface area (Å²) in [6.45, 7) is 5.42. The highest BCUT2D eigenvalue weighted by Crippen LogP contribution is 2.43. The zero-order chi connectivity index (χ0) is 17.6. The minimum atomic E-state index is 0.182. The standard InChI is InChI=1S/C20H21ClO4/c1-3-22-12-24-19-15-7-5-6-8-16(15)20(25-13-23-4-2)18-11-14(21)9-10-17(18)19/h5-11H,3-4,12-13H2,1-2H3. The molecule has 0 fully saturated rings. The maximum Gasteiger partial charge on any atom is 0.189 e. The van der Waals surface area contributed by atoms with Crippen LogP contribution < -0.4 is 9.47 Å². The Bertz CT molecular complexity index is 863. The third-order valence-corrected chi connectivity index (χ3v) is 4.10. The van der Waals surface area contributed by atoms with Gasteiger partial charge in [-0.3, -0.25) is 0 Å². The summed E-state index contributed by atoms with van der Waals surface area (Å²) < 4.78 is 22.6. The predicted octanol–water partition coefficient (Wildman–Crippen LogP) is 5.39. The van der Waals surface area contributed by atoms with Gasteiger partial charge in [0.15, 0.2) is 13.6 Å². The maximum atomic E-state index is 6.23. The van der Waals surface area contributed by atoms with Gasteiger partial charge in [0.25, 0.3) is 0 Å². The van der Waals surface area contributed by atoms with Gasteiger partial charge in [0.1, 0.15) is 11.5 Å². The zero-order valence-corrected chi connectivity index (χ0v) is 15.1.